The molecule has 0 aliphatic carbocycles. The maximum atomic E-state index is 11.6. The highest BCUT2D eigenvalue weighted by molar-refractivity contribution is 5.91. The summed E-state index contributed by atoms with van der Waals surface area (Å²) in [7, 11) is 1.60. The maximum absolute atomic E-state index is 11.6. The second-order valence-electron chi connectivity index (χ2n) is 4.32. The molecule has 0 heterocycles. The molecule has 0 aliphatic heterocycles. The minimum atomic E-state index is -0.0775. The van der Waals surface area contributed by atoms with Crippen LogP contribution in [0.25, 0.3) is 6.08 Å². The summed E-state index contributed by atoms with van der Waals surface area (Å²) in [5, 5.41) is 2.83. The smallest absolute Gasteiger partial charge is 0.243 e. The number of amides is 1. The first kappa shape index (κ1) is 16.1. The Morgan fingerprint density at radius 2 is 2.10 bits per heavy atom. The normalized spacial score (nSPS) is 10.6. The zero-order chi connectivity index (χ0) is 14.8. The van der Waals surface area contributed by atoms with Crippen molar-refractivity contribution < 1.29 is 14.3 Å². The minimum absolute atomic E-state index is 0.0775. The molecule has 0 atom stereocenters. The third-order valence-corrected chi connectivity index (χ3v) is 2.74. The lowest BCUT2D eigenvalue weighted by Crippen LogP contribution is -2.21. The lowest BCUT2D eigenvalue weighted by Gasteiger charge is -2.09. The average Bonchev–Trinajstić information content (AvgIpc) is 2.46. The van der Waals surface area contributed by atoms with E-state index in [9.17, 15) is 4.79 Å². The molecule has 1 aromatic rings. The van der Waals surface area contributed by atoms with Crippen LogP contribution in [0.5, 0.6) is 11.5 Å². The average molecular weight is 277 g/mol. The molecule has 1 amide bonds. The van der Waals surface area contributed by atoms with E-state index in [0.29, 0.717) is 24.7 Å². The van der Waals surface area contributed by atoms with E-state index in [2.05, 4.69) is 12.2 Å². The first-order valence-corrected chi connectivity index (χ1v) is 6.98. The van der Waals surface area contributed by atoms with Crippen molar-refractivity contribution in [3.8, 4) is 11.5 Å². The van der Waals surface area contributed by atoms with Gasteiger partial charge in [0.15, 0.2) is 11.5 Å². The summed E-state index contributed by atoms with van der Waals surface area (Å²) < 4.78 is 10.7. The maximum Gasteiger partial charge on any atom is 0.243 e. The van der Waals surface area contributed by atoms with Gasteiger partial charge in [0.2, 0.25) is 5.91 Å². The summed E-state index contributed by atoms with van der Waals surface area (Å²) in [6.07, 6.45) is 5.36. The SMILES string of the molecule is CCCCNC(=O)/C=C/c1ccc(OCC)c(OC)c1. The second kappa shape index (κ2) is 9.02. The van der Waals surface area contributed by atoms with Crippen molar-refractivity contribution >= 4 is 12.0 Å². The number of benzene rings is 1. The highest BCUT2D eigenvalue weighted by Crippen LogP contribution is 2.28. The fourth-order valence-electron chi connectivity index (χ4n) is 1.68. The molecule has 110 valence electrons. The summed E-state index contributed by atoms with van der Waals surface area (Å²) in [4.78, 5) is 11.6. The van der Waals surface area contributed by atoms with E-state index in [1.54, 1.807) is 13.2 Å². The van der Waals surface area contributed by atoms with Crippen molar-refractivity contribution in [3.05, 3.63) is 29.8 Å². The van der Waals surface area contributed by atoms with E-state index >= 15 is 0 Å². The minimum Gasteiger partial charge on any atom is -0.493 e. The first-order chi connectivity index (χ1) is 9.71. The molecule has 0 radical (unpaired) electrons. The van der Waals surface area contributed by atoms with Crippen LogP contribution in [0.3, 0.4) is 0 Å². The van der Waals surface area contributed by atoms with Crippen LogP contribution in [-0.2, 0) is 4.79 Å². The Labute approximate surface area is 120 Å². The number of hydrogen-bond donors (Lipinski definition) is 1. The Hall–Kier alpha value is -1.97. The molecule has 0 spiro atoms. The van der Waals surface area contributed by atoms with E-state index < -0.39 is 0 Å². The molecule has 4 heteroatoms. The van der Waals surface area contributed by atoms with Crippen LogP contribution in [0.15, 0.2) is 24.3 Å². The van der Waals surface area contributed by atoms with Gasteiger partial charge in [-0.05, 0) is 37.1 Å². The van der Waals surface area contributed by atoms with Crippen molar-refractivity contribution in [2.45, 2.75) is 26.7 Å². The van der Waals surface area contributed by atoms with Gasteiger partial charge < -0.3 is 14.8 Å². The highest BCUT2D eigenvalue weighted by Gasteiger charge is 2.04. The Morgan fingerprint density at radius 1 is 1.30 bits per heavy atom. The number of rotatable bonds is 8. The number of unbranched alkanes of at least 4 members (excludes halogenated alkanes) is 1. The number of carbonyl (C=O) groups is 1. The molecule has 0 saturated heterocycles. The zero-order valence-electron chi connectivity index (χ0n) is 12.4. The van der Waals surface area contributed by atoms with Crippen molar-refractivity contribution in [3.63, 3.8) is 0 Å². The number of hydrogen-bond acceptors (Lipinski definition) is 3. The fraction of sp³-hybridized carbons (Fsp3) is 0.438. The van der Waals surface area contributed by atoms with Crippen LogP contribution in [0.2, 0.25) is 0 Å². The molecule has 0 saturated carbocycles. The van der Waals surface area contributed by atoms with Gasteiger partial charge in [-0.3, -0.25) is 4.79 Å². The van der Waals surface area contributed by atoms with Gasteiger partial charge in [-0.25, -0.2) is 0 Å². The Balaban J connectivity index is 2.65. The van der Waals surface area contributed by atoms with E-state index in [1.807, 2.05) is 25.1 Å². The van der Waals surface area contributed by atoms with Crippen molar-refractivity contribution in [2.24, 2.45) is 0 Å². The van der Waals surface area contributed by atoms with Crippen molar-refractivity contribution in [2.75, 3.05) is 20.3 Å². The molecule has 0 fully saturated rings. The van der Waals surface area contributed by atoms with E-state index in [4.69, 9.17) is 9.47 Å². The van der Waals surface area contributed by atoms with Gasteiger partial charge in [-0.2, -0.15) is 0 Å². The van der Waals surface area contributed by atoms with Gasteiger partial charge in [0.1, 0.15) is 0 Å². The molecule has 0 aromatic heterocycles. The molecular formula is C16H23NO3. The van der Waals surface area contributed by atoms with Crippen LogP contribution in [-0.4, -0.2) is 26.2 Å². The predicted molar refractivity (Wildman–Crippen MR) is 81.1 cm³/mol. The highest BCUT2D eigenvalue weighted by atomic mass is 16.5. The van der Waals surface area contributed by atoms with Crippen LogP contribution in [0.4, 0.5) is 0 Å². The van der Waals surface area contributed by atoms with Crippen LogP contribution in [0, 0.1) is 0 Å². The molecule has 1 N–H and O–H groups in total. The molecule has 1 aromatic carbocycles. The van der Waals surface area contributed by atoms with E-state index in [-0.39, 0.29) is 5.91 Å². The number of carbonyl (C=O) groups excluding carboxylic acids is 1. The molecule has 4 nitrogen and oxygen atoms in total. The van der Waals surface area contributed by atoms with Crippen LogP contribution in [0.1, 0.15) is 32.3 Å². The molecule has 1 rings (SSSR count). The summed E-state index contributed by atoms with van der Waals surface area (Å²) >= 11 is 0. The largest absolute Gasteiger partial charge is 0.493 e. The number of methoxy groups -OCH3 is 1. The van der Waals surface area contributed by atoms with Gasteiger partial charge in [0.25, 0.3) is 0 Å². The molecule has 0 unspecified atom stereocenters. The summed E-state index contributed by atoms with van der Waals surface area (Å²) in [6, 6.07) is 5.58. The van der Waals surface area contributed by atoms with Gasteiger partial charge in [0.05, 0.1) is 13.7 Å². The molecule has 20 heavy (non-hydrogen) atoms. The van der Waals surface area contributed by atoms with Crippen molar-refractivity contribution in [1.82, 2.24) is 5.32 Å². The summed E-state index contributed by atoms with van der Waals surface area (Å²) in [5.41, 5.74) is 0.899. The molecule has 0 bridgehead atoms. The fourth-order valence-corrected chi connectivity index (χ4v) is 1.68. The standard InChI is InChI=1S/C16H23NO3/c1-4-6-11-17-16(18)10-8-13-7-9-14(20-5-2)15(12-13)19-3/h7-10,12H,4-6,11H2,1-3H3,(H,17,18)/b10-8+. The molecule has 0 aliphatic rings. The number of ether oxygens (including phenoxy) is 2. The van der Waals surface area contributed by atoms with Gasteiger partial charge >= 0.3 is 0 Å². The first-order valence-electron chi connectivity index (χ1n) is 6.98. The predicted octanol–water partition coefficient (Wildman–Crippen LogP) is 3.02. The second-order valence-corrected chi connectivity index (χ2v) is 4.32. The Kier molecular flexibility index (Phi) is 7.25. The zero-order valence-corrected chi connectivity index (χ0v) is 12.4. The van der Waals surface area contributed by atoms with Gasteiger partial charge in [-0.15, -0.1) is 0 Å². The monoisotopic (exact) mass is 277 g/mol. The van der Waals surface area contributed by atoms with Gasteiger partial charge in [-0.1, -0.05) is 19.4 Å². The van der Waals surface area contributed by atoms with E-state index in [1.165, 1.54) is 6.08 Å². The quantitative estimate of drug-likeness (QED) is 0.587. The molecular weight excluding hydrogens is 254 g/mol. The van der Waals surface area contributed by atoms with E-state index in [0.717, 1.165) is 18.4 Å². The Bertz CT molecular complexity index is 455. The Morgan fingerprint density at radius 3 is 2.75 bits per heavy atom. The van der Waals surface area contributed by atoms with Gasteiger partial charge in [0, 0.05) is 12.6 Å². The third kappa shape index (κ3) is 5.34. The van der Waals surface area contributed by atoms with Crippen molar-refractivity contribution in [1.29, 1.82) is 0 Å². The third-order valence-electron chi connectivity index (χ3n) is 2.74. The summed E-state index contributed by atoms with van der Waals surface area (Å²) in [6.45, 7) is 5.32. The van der Waals surface area contributed by atoms with Crippen LogP contribution >= 0.6 is 0 Å². The lowest BCUT2D eigenvalue weighted by molar-refractivity contribution is -0.116. The topological polar surface area (TPSA) is 47.6 Å². The lowest BCUT2D eigenvalue weighted by atomic mass is 10.2. The summed E-state index contributed by atoms with van der Waals surface area (Å²) in [5.74, 6) is 1.30. The number of nitrogens with one attached hydrogen (secondary N) is 1. The van der Waals surface area contributed by atoms with Crippen LogP contribution < -0.4 is 14.8 Å².